The Hall–Kier alpha value is -3.44. The van der Waals surface area contributed by atoms with Crippen LogP contribution in [0.5, 0.6) is 17.2 Å². The Labute approximate surface area is 225 Å². The van der Waals surface area contributed by atoms with E-state index in [0.29, 0.717) is 13.0 Å². The van der Waals surface area contributed by atoms with Crippen LogP contribution in [0.1, 0.15) is 50.2 Å². The number of hydrogen-bond acceptors (Lipinski definition) is 5. The van der Waals surface area contributed by atoms with Gasteiger partial charge in [0, 0.05) is 41.1 Å². The van der Waals surface area contributed by atoms with Crippen molar-refractivity contribution in [3.8, 4) is 28.6 Å². The number of fused-ring (bicyclic) bond motifs is 1. The molecule has 0 saturated carbocycles. The van der Waals surface area contributed by atoms with E-state index in [4.69, 9.17) is 24.0 Å². The molecule has 0 saturated heterocycles. The highest BCUT2D eigenvalue weighted by atomic mass is 35.5. The first-order valence-corrected chi connectivity index (χ1v) is 12.6. The third kappa shape index (κ3) is 7.30. The smallest absolute Gasteiger partial charge is 0.138 e. The molecule has 37 heavy (non-hydrogen) atoms. The zero-order chi connectivity index (χ0) is 25.3. The monoisotopic (exact) mass is 521 g/mol. The third-order valence-corrected chi connectivity index (χ3v) is 6.41. The van der Waals surface area contributed by atoms with Crippen molar-refractivity contribution in [2.24, 2.45) is 0 Å². The lowest BCUT2D eigenvalue weighted by atomic mass is 9.98. The first-order chi connectivity index (χ1) is 17.6. The first kappa shape index (κ1) is 28.1. The Balaban J connectivity index is 0.00000380. The third-order valence-electron chi connectivity index (χ3n) is 6.41. The van der Waals surface area contributed by atoms with E-state index in [0.717, 1.165) is 70.1 Å². The van der Waals surface area contributed by atoms with Crippen LogP contribution in [0.2, 0.25) is 0 Å². The Morgan fingerprint density at radius 1 is 0.811 bits per heavy atom. The molecule has 0 radical (unpaired) electrons. The zero-order valence-electron chi connectivity index (χ0n) is 21.8. The van der Waals surface area contributed by atoms with Crippen LogP contribution < -0.4 is 14.2 Å². The van der Waals surface area contributed by atoms with E-state index in [9.17, 15) is 0 Å². The Bertz CT molecular complexity index is 1280. The Morgan fingerprint density at radius 2 is 1.49 bits per heavy atom. The number of hydrogen-bond donors (Lipinski definition) is 1. The van der Waals surface area contributed by atoms with Crippen LogP contribution in [0.15, 0.2) is 71.1 Å². The number of halogens is 1. The summed E-state index contributed by atoms with van der Waals surface area (Å²) in [5.74, 6) is 3.26. The molecule has 0 unspecified atom stereocenters. The van der Waals surface area contributed by atoms with Crippen LogP contribution in [0, 0.1) is 5.41 Å². The number of benzene rings is 3. The highest BCUT2D eigenvalue weighted by Gasteiger charge is 2.17. The minimum absolute atomic E-state index is 0. The van der Waals surface area contributed by atoms with Gasteiger partial charge in [0.05, 0.1) is 20.8 Å². The average Bonchev–Trinajstić information content (AvgIpc) is 3.27. The number of furan rings is 1. The van der Waals surface area contributed by atoms with Crippen molar-refractivity contribution in [1.29, 1.82) is 5.41 Å². The predicted octanol–water partition coefficient (Wildman–Crippen LogP) is 8.50. The maximum Gasteiger partial charge on any atom is 0.138 e. The van der Waals surface area contributed by atoms with Crippen molar-refractivity contribution in [3.63, 3.8) is 0 Å². The van der Waals surface area contributed by atoms with E-state index in [1.54, 1.807) is 14.2 Å². The highest BCUT2D eigenvalue weighted by molar-refractivity contribution is 5.89. The molecular weight excluding hydrogens is 486 g/mol. The SMILES string of the molecule is CCCCCC(=N)CCOc1ccc(Cc2c(-c3ccc(OC)cc3)oc3cc(OC)ccc23)cc1.Cl. The van der Waals surface area contributed by atoms with E-state index in [-0.39, 0.29) is 12.4 Å². The topological polar surface area (TPSA) is 64.7 Å². The van der Waals surface area contributed by atoms with Gasteiger partial charge in [-0.15, -0.1) is 12.4 Å². The van der Waals surface area contributed by atoms with Crippen molar-refractivity contribution < 1.29 is 18.6 Å². The summed E-state index contributed by atoms with van der Waals surface area (Å²) in [4.78, 5) is 0. The quantitative estimate of drug-likeness (QED) is 0.141. The zero-order valence-corrected chi connectivity index (χ0v) is 22.7. The Morgan fingerprint density at radius 3 is 2.16 bits per heavy atom. The molecule has 0 aliphatic heterocycles. The standard InChI is InChI=1S/C31H35NO4.ClH/c1-4-5-6-7-24(32)18-19-35-26-12-8-22(9-13-26)20-29-28-17-16-27(34-3)21-30(28)36-31(29)23-10-14-25(33-2)15-11-23;/h8-17,21,32H,4-7,18-20H2,1-3H3;1H. The van der Waals surface area contributed by atoms with Gasteiger partial charge in [0.2, 0.25) is 0 Å². The van der Waals surface area contributed by atoms with Crippen molar-refractivity contribution >= 4 is 29.1 Å². The summed E-state index contributed by atoms with van der Waals surface area (Å²) in [6.45, 7) is 2.72. The first-order valence-electron chi connectivity index (χ1n) is 12.6. The van der Waals surface area contributed by atoms with Gasteiger partial charge < -0.3 is 24.0 Å². The van der Waals surface area contributed by atoms with Gasteiger partial charge >= 0.3 is 0 Å². The van der Waals surface area contributed by atoms with Crippen LogP contribution in [-0.4, -0.2) is 26.5 Å². The summed E-state index contributed by atoms with van der Waals surface area (Å²) in [6, 6.07) is 22.1. The minimum Gasteiger partial charge on any atom is -0.497 e. The second-order valence-electron chi connectivity index (χ2n) is 8.98. The molecular formula is C31H36ClNO4. The molecule has 6 heteroatoms. The molecule has 1 heterocycles. The lowest BCUT2D eigenvalue weighted by molar-refractivity contribution is 0.328. The fraction of sp³-hybridized carbons (Fsp3) is 0.323. The molecule has 3 aromatic carbocycles. The van der Waals surface area contributed by atoms with Gasteiger partial charge in [0.25, 0.3) is 0 Å². The van der Waals surface area contributed by atoms with E-state index in [1.807, 2.05) is 48.5 Å². The maximum atomic E-state index is 8.08. The molecule has 4 rings (SSSR count). The number of rotatable bonds is 13. The molecule has 4 aromatic rings. The van der Waals surface area contributed by atoms with Crippen molar-refractivity contribution in [2.75, 3.05) is 20.8 Å². The molecule has 5 nitrogen and oxygen atoms in total. The molecule has 1 N–H and O–H groups in total. The van der Waals surface area contributed by atoms with Crippen LogP contribution in [-0.2, 0) is 6.42 Å². The summed E-state index contributed by atoms with van der Waals surface area (Å²) in [6.07, 6.45) is 5.74. The molecule has 0 amide bonds. The van der Waals surface area contributed by atoms with E-state index < -0.39 is 0 Å². The average molecular weight is 522 g/mol. The fourth-order valence-corrected chi connectivity index (χ4v) is 4.32. The summed E-state index contributed by atoms with van der Waals surface area (Å²) < 4.78 is 23.0. The van der Waals surface area contributed by atoms with Gasteiger partial charge in [0.1, 0.15) is 28.6 Å². The molecule has 0 aliphatic carbocycles. The van der Waals surface area contributed by atoms with Crippen molar-refractivity contribution in [1.82, 2.24) is 0 Å². The lowest BCUT2D eigenvalue weighted by Gasteiger charge is -2.09. The van der Waals surface area contributed by atoms with Gasteiger partial charge in [-0.1, -0.05) is 31.9 Å². The minimum atomic E-state index is 0. The van der Waals surface area contributed by atoms with Crippen LogP contribution >= 0.6 is 12.4 Å². The second-order valence-corrected chi connectivity index (χ2v) is 8.98. The van der Waals surface area contributed by atoms with Gasteiger partial charge in [-0.25, -0.2) is 0 Å². The van der Waals surface area contributed by atoms with Gasteiger partial charge in [-0.2, -0.15) is 0 Å². The molecule has 196 valence electrons. The highest BCUT2D eigenvalue weighted by Crippen LogP contribution is 2.37. The molecule has 0 spiro atoms. The van der Waals surface area contributed by atoms with E-state index in [2.05, 4.69) is 25.1 Å². The van der Waals surface area contributed by atoms with Crippen LogP contribution in [0.25, 0.3) is 22.3 Å². The predicted molar refractivity (Wildman–Crippen MR) is 153 cm³/mol. The lowest BCUT2D eigenvalue weighted by Crippen LogP contribution is -2.05. The number of nitrogens with one attached hydrogen (secondary N) is 1. The summed E-state index contributed by atoms with van der Waals surface area (Å²) >= 11 is 0. The van der Waals surface area contributed by atoms with E-state index >= 15 is 0 Å². The molecule has 1 aromatic heterocycles. The van der Waals surface area contributed by atoms with Gasteiger partial charge in [-0.05, 0) is 66.9 Å². The number of unbranched alkanes of at least 4 members (excludes halogenated alkanes) is 2. The summed E-state index contributed by atoms with van der Waals surface area (Å²) in [5.41, 5.74) is 4.88. The molecule has 0 fully saturated rings. The number of methoxy groups -OCH3 is 2. The Kier molecular flexibility index (Phi) is 10.5. The van der Waals surface area contributed by atoms with Gasteiger partial charge in [0.15, 0.2) is 0 Å². The normalized spacial score (nSPS) is 10.7. The maximum absolute atomic E-state index is 8.08. The fourth-order valence-electron chi connectivity index (χ4n) is 4.32. The van der Waals surface area contributed by atoms with Crippen molar-refractivity contribution in [2.45, 2.75) is 45.4 Å². The molecule has 0 bridgehead atoms. The summed E-state index contributed by atoms with van der Waals surface area (Å²) in [7, 11) is 3.33. The van der Waals surface area contributed by atoms with Crippen molar-refractivity contribution in [3.05, 3.63) is 77.9 Å². The molecule has 0 aliphatic rings. The van der Waals surface area contributed by atoms with Crippen LogP contribution in [0.4, 0.5) is 0 Å². The largest absolute Gasteiger partial charge is 0.497 e. The van der Waals surface area contributed by atoms with E-state index in [1.165, 1.54) is 18.4 Å². The summed E-state index contributed by atoms with van der Waals surface area (Å²) in [5, 5.41) is 9.15. The number of ether oxygens (including phenoxy) is 3. The van der Waals surface area contributed by atoms with Crippen LogP contribution in [0.3, 0.4) is 0 Å². The molecule has 0 atom stereocenters. The second kappa shape index (κ2) is 13.8. The van der Waals surface area contributed by atoms with Gasteiger partial charge in [-0.3, -0.25) is 0 Å².